The van der Waals surface area contributed by atoms with Crippen LogP contribution in [-0.2, 0) is 15.8 Å². The molecule has 170 valence electrons. The Morgan fingerprint density at radius 3 is 2.45 bits per heavy atom. The normalized spacial score (nSPS) is 11.8. The fourth-order valence-corrected chi connectivity index (χ4v) is 4.39. The largest absolute Gasteiger partial charge is 0.368 e. The van der Waals surface area contributed by atoms with E-state index in [4.69, 9.17) is 5.73 Å². The van der Waals surface area contributed by atoms with Crippen LogP contribution in [0.2, 0.25) is 0 Å². The second-order valence-corrected chi connectivity index (χ2v) is 8.90. The second-order valence-electron chi connectivity index (χ2n) is 7.18. The summed E-state index contributed by atoms with van der Waals surface area (Å²) in [5.41, 5.74) is 6.65. The summed E-state index contributed by atoms with van der Waals surface area (Å²) in [7, 11) is -3.82. The van der Waals surface area contributed by atoms with Crippen molar-refractivity contribution in [2.45, 2.75) is 19.1 Å². The molecule has 12 heteroatoms. The van der Waals surface area contributed by atoms with Gasteiger partial charge >= 0.3 is 0 Å². The highest BCUT2D eigenvalue weighted by Crippen LogP contribution is 2.31. The van der Waals surface area contributed by atoms with Crippen LogP contribution in [0, 0.1) is 12.7 Å². The lowest BCUT2D eigenvalue weighted by molar-refractivity contribution is 0.153. The monoisotopic (exact) mass is 474 g/mol. The van der Waals surface area contributed by atoms with Gasteiger partial charge in [0.05, 0.1) is 17.6 Å². The highest BCUT2D eigenvalue weighted by Gasteiger charge is 2.19. The lowest BCUT2D eigenvalue weighted by Crippen LogP contribution is -2.16. The highest BCUT2D eigenvalue weighted by atomic mass is 32.2. The van der Waals surface area contributed by atoms with Gasteiger partial charge < -0.3 is 5.73 Å². The molecule has 4 aromatic rings. The summed E-state index contributed by atoms with van der Waals surface area (Å²) in [6.07, 6.45) is -1.57. The summed E-state index contributed by atoms with van der Waals surface area (Å²) in [6, 6.07) is 9.22. The van der Waals surface area contributed by atoms with Crippen LogP contribution in [0.25, 0.3) is 22.3 Å². The van der Waals surface area contributed by atoms with Gasteiger partial charge in [-0.3, -0.25) is 4.72 Å². The molecule has 3 aromatic heterocycles. The van der Waals surface area contributed by atoms with Crippen molar-refractivity contribution in [1.82, 2.24) is 19.9 Å². The molecule has 0 saturated heterocycles. The van der Waals surface area contributed by atoms with Crippen molar-refractivity contribution in [2.24, 2.45) is 0 Å². The number of aromatic nitrogens is 4. The van der Waals surface area contributed by atoms with E-state index in [9.17, 15) is 21.6 Å². The third-order valence-electron chi connectivity index (χ3n) is 4.72. The number of hydrogen-bond donors (Lipinski definition) is 2. The molecule has 8 nitrogen and oxygen atoms in total. The summed E-state index contributed by atoms with van der Waals surface area (Å²) in [5, 5.41) is 0. The number of benzene rings is 1. The average molecular weight is 474 g/mol. The predicted molar refractivity (Wildman–Crippen MR) is 117 cm³/mol. The number of aryl methyl sites for hydroxylation is 1. The van der Waals surface area contributed by atoms with Crippen molar-refractivity contribution in [1.29, 1.82) is 0 Å². The van der Waals surface area contributed by atoms with Gasteiger partial charge in [0.15, 0.2) is 0 Å². The van der Waals surface area contributed by atoms with Gasteiger partial charge in [-0.2, -0.15) is 0 Å². The zero-order valence-electron chi connectivity index (χ0n) is 17.1. The number of nitrogens with two attached hydrogens (primary N) is 1. The van der Waals surface area contributed by atoms with E-state index in [0.717, 1.165) is 0 Å². The molecule has 1 aromatic carbocycles. The minimum Gasteiger partial charge on any atom is -0.368 e. The number of rotatable bonds is 6. The molecule has 0 spiro atoms. The van der Waals surface area contributed by atoms with Gasteiger partial charge in [0.2, 0.25) is 16.0 Å². The molecule has 0 aliphatic rings. The van der Waals surface area contributed by atoms with Crippen LogP contribution < -0.4 is 10.5 Å². The van der Waals surface area contributed by atoms with E-state index >= 15 is 0 Å². The average Bonchev–Trinajstić information content (AvgIpc) is 2.74. The standard InChI is InChI=1S/C21H17F3N6O2S/c1-11-14(16-8-15(20(23)24)19-17(28-16)9-26-21(25)29-19)6-7-18(27-11)30-33(31,32)10-12-2-4-13(22)5-3-12/h2-9,20H,10H2,1H3,(H,27,30)(H2,25,26,29). The summed E-state index contributed by atoms with van der Waals surface area (Å²) in [4.78, 5) is 16.2. The molecule has 0 fully saturated rings. The maximum atomic E-state index is 13.6. The topological polar surface area (TPSA) is 124 Å². The molecule has 3 heterocycles. The Balaban J connectivity index is 1.64. The SMILES string of the molecule is Cc1nc(NS(=O)(=O)Cc2ccc(F)cc2)ccc1-c1cc(C(F)F)c2nc(N)ncc2n1. The van der Waals surface area contributed by atoms with E-state index in [-0.39, 0.29) is 39.8 Å². The highest BCUT2D eigenvalue weighted by molar-refractivity contribution is 7.91. The zero-order chi connectivity index (χ0) is 23.8. The molecule has 0 bridgehead atoms. The molecule has 0 amide bonds. The van der Waals surface area contributed by atoms with Crippen molar-refractivity contribution in [2.75, 3.05) is 10.5 Å². The van der Waals surface area contributed by atoms with E-state index in [1.54, 1.807) is 6.92 Å². The molecule has 3 N–H and O–H groups in total. The number of fused-ring (bicyclic) bond motifs is 1. The first kappa shape index (κ1) is 22.4. The van der Waals surface area contributed by atoms with E-state index < -0.39 is 22.3 Å². The van der Waals surface area contributed by atoms with Crippen LogP contribution in [0.3, 0.4) is 0 Å². The van der Waals surface area contributed by atoms with Crippen molar-refractivity contribution in [3.05, 3.63) is 71.3 Å². The first-order chi connectivity index (χ1) is 15.6. The molecular weight excluding hydrogens is 457 g/mol. The van der Waals surface area contributed by atoms with Crippen LogP contribution in [0.5, 0.6) is 0 Å². The first-order valence-electron chi connectivity index (χ1n) is 9.55. The van der Waals surface area contributed by atoms with Crippen molar-refractivity contribution in [3.8, 4) is 11.3 Å². The second kappa shape index (κ2) is 8.62. The molecular formula is C21H17F3N6O2S. The van der Waals surface area contributed by atoms with Gasteiger partial charge in [-0.1, -0.05) is 12.1 Å². The molecule has 0 unspecified atom stereocenters. The minimum absolute atomic E-state index is 0.0444. The molecule has 0 atom stereocenters. The Hall–Kier alpha value is -3.80. The molecule has 0 aliphatic carbocycles. The Morgan fingerprint density at radius 2 is 1.79 bits per heavy atom. The van der Waals surface area contributed by atoms with E-state index in [1.165, 1.54) is 48.7 Å². The Bertz CT molecular complexity index is 1450. The van der Waals surface area contributed by atoms with E-state index in [1.807, 2.05) is 0 Å². The molecule has 0 radical (unpaired) electrons. The number of sulfonamides is 1. The smallest absolute Gasteiger partial charge is 0.266 e. The molecule has 0 saturated carbocycles. The fraction of sp³-hybridized carbons (Fsp3) is 0.143. The number of nitrogens with zero attached hydrogens (tertiary/aromatic N) is 4. The molecule has 33 heavy (non-hydrogen) atoms. The lowest BCUT2D eigenvalue weighted by Gasteiger charge is -2.12. The maximum Gasteiger partial charge on any atom is 0.266 e. The summed E-state index contributed by atoms with van der Waals surface area (Å²) in [5.74, 6) is -0.939. The summed E-state index contributed by atoms with van der Waals surface area (Å²) >= 11 is 0. The fourth-order valence-electron chi connectivity index (χ4n) is 3.25. The number of nitrogen functional groups attached to an aromatic ring is 1. The van der Waals surface area contributed by atoms with Crippen LogP contribution in [-0.4, -0.2) is 28.4 Å². The minimum atomic E-state index is -3.82. The number of hydrogen-bond acceptors (Lipinski definition) is 7. The number of pyridine rings is 2. The number of alkyl halides is 2. The summed E-state index contributed by atoms with van der Waals surface area (Å²) < 4.78 is 67.6. The predicted octanol–water partition coefficient (Wildman–Crippen LogP) is 4.00. The molecule has 0 aliphatic heterocycles. The van der Waals surface area contributed by atoms with Gasteiger partial charge in [-0.15, -0.1) is 0 Å². The Morgan fingerprint density at radius 1 is 1.06 bits per heavy atom. The number of nitrogens with one attached hydrogen (secondary N) is 1. The third kappa shape index (κ3) is 5.00. The first-order valence-corrected chi connectivity index (χ1v) is 11.2. The van der Waals surface area contributed by atoms with Crippen molar-refractivity contribution in [3.63, 3.8) is 0 Å². The molecule has 4 rings (SSSR count). The van der Waals surface area contributed by atoms with Gasteiger partial charge in [0, 0.05) is 16.8 Å². The van der Waals surface area contributed by atoms with Gasteiger partial charge in [-0.25, -0.2) is 41.5 Å². The lowest BCUT2D eigenvalue weighted by atomic mass is 10.1. The summed E-state index contributed by atoms with van der Waals surface area (Å²) in [6.45, 7) is 1.60. The van der Waals surface area contributed by atoms with Crippen LogP contribution >= 0.6 is 0 Å². The van der Waals surface area contributed by atoms with Gasteiger partial charge in [-0.05, 0) is 42.8 Å². The van der Waals surface area contributed by atoms with Crippen molar-refractivity contribution < 1.29 is 21.6 Å². The quantitative estimate of drug-likeness (QED) is 0.433. The van der Waals surface area contributed by atoms with Crippen LogP contribution in [0.1, 0.15) is 23.2 Å². The van der Waals surface area contributed by atoms with Crippen LogP contribution in [0.15, 0.2) is 48.7 Å². The van der Waals surface area contributed by atoms with Crippen molar-refractivity contribution >= 4 is 32.8 Å². The van der Waals surface area contributed by atoms with Crippen LogP contribution in [0.4, 0.5) is 24.9 Å². The van der Waals surface area contributed by atoms with Gasteiger partial charge in [0.1, 0.15) is 22.7 Å². The number of anilines is 2. The maximum absolute atomic E-state index is 13.6. The number of halogens is 3. The zero-order valence-corrected chi connectivity index (χ0v) is 17.9. The Kier molecular flexibility index (Phi) is 5.85. The van der Waals surface area contributed by atoms with E-state index in [0.29, 0.717) is 16.8 Å². The van der Waals surface area contributed by atoms with E-state index in [2.05, 4.69) is 24.7 Å². The third-order valence-corrected chi connectivity index (χ3v) is 5.96. The van der Waals surface area contributed by atoms with Gasteiger partial charge in [0.25, 0.3) is 6.43 Å². The Labute approximate surface area is 186 Å².